The monoisotopic (exact) mass is 283 g/mol. The summed E-state index contributed by atoms with van der Waals surface area (Å²) in [4.78, 5) is 4.66. The Morgan fingerprint density at radius 3 is 2.57 bits per heavy atom. The average molecular weight is 283 g/mol. The lowest BCUT2D eigenvalue weighted by Crippen LogP contribution is -2.31. The third-order valence-corrected chi connectivity index (χ3v) is 4.47. The van der Waals surface area contributed by atoms with Crippen LogP contribution in [0.25, 0.3) is 0 Å². The van der Waals surface area contributed by atoms with Crippen molar-refractivity contribution >= 4 is 0 Å². The lowest BCUT2D eigenvalue weighted by Gasteiger charge is -2.24. The van der Waals surface area contributed by atoms with Crippen LogP contribution in [0, 0.1) is 5.92 Å². The Kier molecular flexibility index (Phi) is 4.39. The van der Waals surface area contributed by atoms with Gasteiger partial charge in [0.15, 0.2) is 0 Å². The number of aromatic nitrogens is 2. The van der Waals surface area contributed by atoms with Crippen LogP contribution in [-0.4, -0.2) is 16.1 Å². The summed E-state index contributed by atoms with van der Waals surface area (Å²) in [5, 5.41) is 3.68. The summed E-state index contributed by atoms with van der Waals surface area (Å²) >= 11 is 0. The van der Waals surface area contributed by atoms with E-state index in [1.807, 2.05) is 6.20 Å². The largest absolute Gasteiger partial charge is 0.334 e. The summed E-state index contributed by atoms with van der Waals surface area (Å²) in [7, 11) is 0. The minimum Gasteiger partial charge on any atom is -0.334 e. The molecule has 3 rings (SSSR count). The molecular formula is C18H25N3. The minimum atomic E-state index is 0.351. The number of benzene rings is 1. The predicted octanol–water partition coefficient (Wildman–Crippen LogP) is 3.36. The smallest absolute Gasteiger partial charge is 0.126 e. The fourth-order valence-electron chi connectivity index (χ4n) is 3.55. The number of rotatable bonds is 6. The van der Waals surface area contributed by atoms with Gasteiger partial charge in [-0.05, 0) is 42.9 Å². The molecule has 1 heterocycles. The van der Waals surface area contributed by atoms with E-state index >= 15 is 0 Å². The van der Waals surface area contributed by atoms with E-state index in [2.05, 4.69) is 59.2 Å². The summed E-state index contributed by atoms with van der Waals surface area (Å²) in [6.45, 7) is 6.44. The van der Waals surface area contributed by atoms with Crippen molar-refractivity contribution < 1.29 is 0 Å². The van der Waals surface area contributed by atoms with Gasteiger partial charge in [-0.1, -0.05) is 38.1 Å². The number of nitrogens with one attached hydrogen (secondary N) is 1. The van der Waals surface area contributed by atoms with E-state index in [1.165, 1.54) is 17.0 Å². The zero-order valence-corrected chi connectivity index (χ0v) is 13.0. The maximum atomic E-state index is 4.66. The second kappa shape index (κ2) is 6.44. The Balaban J connectivity index is 1.84. The average Bonchev–Trinajstić information content (AvgIpc) is 3.11. The number of hydrogen-bond donors (Lipinski definition) is 1. The van der Waals surface area contributed by atoms with Crippen LogP contribution in [-0.2, 0) is 19.4 Å². The van der Waals surface area contributed by atoms with Crippen LogP contribution in [0.2, 0.25) is 0 Å². The molecule has 1 aromatic carbocycles. The molecule has 1 N–H and O–H groups in total. The lowest BCUT2D eigenvalue weighted by atomic mass is 9.95. The van der Waals surface area contributed by atoms with Crippen molar-refractivity contribution in [3.05, 3.63) is 53.6 Å². The summed E-state index contributed by atoms with van der Waals surface area (Å²) in [5.74, 6) is 1.82. The zero-order chi connectivity index (χ0) is 14.7. The van der Waals surface area contributed by atoms with Crippen LogP contribution in [0.1, 0.15) is 43.3 Å². The quantitative estimate of drug-likeness (QED) is 0.881. The van der Waals surface area contributed by atoms with Crippen LogP contribution < -0.4 is 5.32 Å². The van der Waals surface area contributed by atoms with Crippen molar-refractivity contribution in [2.24, 2.45) is 5.92 Å². The van der Waals surface area contributed by atoms with Crippen molar-refractivity contribution in [1.82, 2.24) is 14.9 Å². The molecule has 2 aromatic rings. The van der Waals surface area contributed by atoms with Gasteiger partial charge in [0.25, 0.3) is 0 Å². The maximum absolute atomic E-state index is 4.66. The molecule has 0 radical (unpaired) electrons. The Hall–Kier alpha value is -1.61. The molecule has 0 fully saturated rings. The molecule has 1 unspecified atom stereocenters. The molecule has 3 nitrogen and oxygen atoms in total. The highest BCUT2D eigenvalue weighted by Gasteiger charge is 2.31. The number of imidazole rings is 1. The third kappa shape index (κ3) is 2.88. The first-order valence-corrected chi connectivity index (χ1v) is 8.14. The first-order chi connectivity index (χ1) is 10.3. The second-order valence-corrected chi connectivity index (χ2v) is 5.95. The van der Waals surface area contributed by atoms with E-state index in [1.54, 1.807) is 0 Å². The first-order valence-electron chi connectivity index (χ1n) is 8.14. The van der Waals surface area contributed by atoms with Gasteiger partial charge in [-0.25, -0.2) is 4.98 Å². The maximum Gasteiger partial charge on any atom is 0.126 e. The SMILES string of the molecule is CCCn1ccnc1C(NCC)C1Cc2ccccc2C1. The van der Waals surface area contributed by atoms with Crippen LogP contribution >= 0.6 is 0 Å². The zero-order valence-electron chi connectivity index (χ0n) is 13.0. The Morgan fingerprint density at radius 2 is 1.95 bits per heavy atom. The molecule has 0 aliphatic heterocycles. The molecule has 0 amide bonds. The van der Waals surface area contributed by atoms with Gasteiger partial charge in [0.05, 0.1) is 6.04 Å². The van der Waals surface area contributed by atoms with E-state index < -0.39 is 0 Å². The normalized spacial score (nSPS) is 16.1. The molecule has 0 bridgehead atoms. The molecule has 112 valence electrons. The van der Waals surface area contributed by atoms with Gasteiger partial charge >= 0.3 is 0 Å². The van der Waals surface area contributed by atoms with Gasteiger partial charge in [-0.3, -0.25) is 0 Å². The fraction of sp³-hybridized carbons (Fsp3) is 0.500. The molecule has 0 saturated heterocycles. The third-order valence-electron chi connectivity index (χ3n) is 4.47. The first kappa shape index (κ1) is 14.3. The second-order valence-electron chi connectivity index (χ2n) is 5.95. The molecular weight excluding hydrogens is 258 g/mol. The van der Waals surface area contributed by atoms with Crippen LogP contribution in [0.3, 0.4) is 0 Å². The standard InChI is InChI=1S/C18H25N3/c1-3-10-21-11-9-20-18(21)17(19-4-2)16-12-14-7-5-6-8-15(14)13-16/h5-9,11,16-17,19H,3-4,10,12-13H2,1-2H3. The molecule has 0 saturated carbocycles. The van der Waals surface area contributed by atoms with Gasteiger partial charge in [0, 0.05) is 18.9 Å². The highest BCUT2D eigenvalue weighted by Crippen LogP contribution is 2.34. The Labute approximate surface area is 127 Å². The van der Waals surface area contributed by atoms with Crippen LogP contribution in [0.5, 0.6) is 0 Å². The van der Waals surface area contributed by atoms with Crippen molar-refractivity contribution in [2.75, 3.05) is 6.54 Å². The summed E-state index contributed by atoms with van der Waals surface area (Å²) in [6.07, 6.45) is 7.52. The lowest BCUT2D eigenvalue weighted by molar-refractivity contribution is 0.353. The molecule has 0 spiro atoms. The van der Waals surface area contributed by atoms with E-state index in [-0.39, 0.29) is 0 Å². The Morgan fingerprint density at radius 1 is 1.24 bits per heavy atom. The van der Waals surface area contributed by atoms with Crippen molar-refractivity contribution in [1.29, 1.82) is 0 Å². The van der Waals surface area contributed by atoms with Gasteiger partial charge < -0.3 is 9.88 Å². The number of fused-ring (bicyclic) bond motifs is 1. The van der Waals surface area contributed by atoms with Crippen molar-refractivity contribution in [3.8, 4) is 0 Å². The van der Waals surface area contributed by atoms with Gasteiger partial charge in [0.2, 0.25) is 0 Å². The van der Waals surface area contributed by atoms with E-state index in [9.17, 15) is 0 Å². The summed E-state index contributed by atoms with van der Waals surface area (Å²) < 4.78 is 2.32. The summed E-state index contributed by atoms with van der Waals surface area (Å²) in [6, 6.07) is 9.21. The molecule has 1 atom stereocenters. The number of aryl methyl sites for hydroxylation is 1. The topological polar surface area (TPSA) is 29.9 Å². The summed E-state index contributed by atoms with van der Waals surface area (Å²) in [5.41, 5.74) is 3.03. The number of nitrogens with zero attached hydrogens (tertiary/aromatic N) is 2. The predicted molar refractivity (Wildman–Crippen MR) is 86.3 cm³/mol. The van der Waals surface area contributed by atoms with E-state index in [0.29, 0.717) is 12.0 Å². The fourth-order valence-corrected chi connectivity index (χ4v) is 3.55. The molecule has 21 heavy (non-hydrogen) atoms. The molecule has 1 aromatic heterocycles. The molecule has 1 aliphatic rings. The highest BCUT2D eigenvalue weighted by molar-refractivity contribution is 5.33. The van der Waals surface area contributed by atoms with Gasteiger partial charge in [-0.15, -0.1) is 0 Å². The molecule has 1 aliphatic carbocycles. The van der Waals surface area contributed by atoms with Crippen LogP contribution in [0.15, 0.2) is 36.7 Å². The van der Waals surface area contributed by atoms with Gasteiger partial charge in [-0.2, -0.15) is 0 Å². The van der Waals surface area contributed by atoms with Crippen molar-refractivity contribution in [2.45, 2.75) is 45.7 Å². The van der Waals surface area contributed by atoms with E-state index in [0.717, 1.165) is 32.4 Å². The van der Waals surface area contributed by atoms with Crippen molar-refractivity contribution in [3.63, 3.8) is 0 Å². The Bertz CT molecular complexity index is 563. The highest BCUT2D eigenvalue weighted by atomic mass is 15.1. The molecule has 3 heteroatoms. The minimum absolute atomic E-state index is 0.351. The van der Waals surface area contributed by atoms with E-state index in [4.69, 9.17) is 0 Å². The van der Waals surface area contributed by atoms with Crippen LogP contribution in [0.4, 0.5) is 0 Å². The number of hydrogen-bond acceptors (Lipinski definition) is 2. The van der Waals surface area contributed by atoms with Gasteiger partial charge in [0.1, 0.15) is 5.82 Å².